The molecule has 0 radical (unpaired) electrons. The van der Waals surface area contributed by atoms with Crippen molar-refractivity contribution in [2.24, 2.45) is 39.4 Å². The van der Waals surface area contributed by atoms with Crippen molar-refractivity contribution in [1.82, 2.24) is 0 Å². The average Bonchev–Trinajstić information content (AvgIpc) is 3.02. The van der Waals surface area contributed by atoms with Crippen LogP contribution in [0.2, 0.25) is 0 Å². The van der Waals surface area contributed by atoms with Crippen LogP contribution in [-0.4, -0.2) is 43.8 Å². The van der Waals surface area contributed by atoms with Crippen LogP contribution < -0.4 is 0 Å². The van der Waals surface area contributed by atoms with E-state index in [2.05, 4.69) is 54.5 Å². The van der Waals surface area contributed by atoms with Crippen molar-refractivity contribution in [2.75, 3.05) is 0 Å². The lowest BCUT2D eigenvalue weighted by Gasteiger charge is -2.70. The molecule has 4 saturated carbocycles. The maximum absolute atomic E-state index is 12.2. The fourth-order valence-electron chi connectivity index (χ4n) is 10.3. The van der Waals surface area contributed by atoms with Crippen LogP contribution in [0.4, 0.5) is 0 Å². The molecule has 196 valence electrons. The summed E-state index contributed by atoms with van der Waals surface area (Å²) in [7, 11) is 0. The molecule has 4 aliphatic rings. The smallest absolute Gasteiger partial charge is 0.0988 e. The molecule has 4 aliphatic carbocycles. The van der Waals surface area contributed by atoms with Crippen LogP contribution in [0, 0.1) is 39.4 Å². The van der Waals surface area contributed by atoms with E-state index >= 15 is 0 Å². The SMILES string of the molecule is CC(C)=CCC[C@](C)(O)[C@@]1(O)CC[C@]2(C)[C@@H]1[C@@H](O)C[C@@H]1[C@@]3(C)CC[C@@H](O)C(C)(C)[C@@H]3CC[C@]12C. The van der Waals surface area contributed by atoms with E-state index in [1.165, 1.54) is 5.57 Å². The summed E-state index contributed by atoms with van der Waals surface area (Å²) >= 11 is 0. The summed E-state index contributed by atoms with van der Waals surface area (Å²) < 4.78 is 0. The lowest BCUT2D eigenvalue weighted by atomic mass is 9.35. The molecule has 4 N–H and O–H groups in total. The maximum atomic E-state index is 12.2. The number of hydrogen-bond acceptors (Lipinski definition) is 4. The molecule has 4 fully saturated rings. The molecule has 34 heavy (non-hydrogen) atoms. The largest absolute Gasteiger partial charge is 0.393 e. The van der Waals surface area contributed by atoms with Crippen molar-refractivity contribution in [3.63, 3.8) is 0 Å². The van der Waals surface area contributed by atoms with E-state index < -0.39 is 17.3 Å². The zero-order chi connectivity index (χ0) is 25.5. The second-order valence-corrected chi connectivity index (χ2v) is 14.7. The predicted octanol–water partition coefficient (Wildman–Crippen LogP) is 5.62. The summed E-state index contributed by atoms with van der Waals surface area (Å²) in [6.07, 6.45) is 8.50. The van der Waals surface area contributed by atoms with E-state index in [0.29, 0.717) is 31.1 Å². The van der Waals surface area contributed by atoms with Gasteiger partial charge in [0.2, 0.25) is 0 Å². The Balaban J connectivity index is 1.71. The summed E-state index contributed by atoms with van der Waals surface area (Å²) in [6, 6.07) is 0. The molecule has 0 amide bonds. The van der Waals surface area contributed by atoms with E-state index in [1.807, 2.05) is 0 Å². The highest BCUT2D eigenvalue weighted by Gasteiger charge is 2.74. The molecular formula is C30H52O4. The Morgan fingerprint density at radius 2 is 1.56 bits per heavy atom. The van der Waals surface area contributed by atoms with Gasteiger partial charge in [-0.15, -0.1) is 0 Å². The van der Waals surface area contributed by atoms with Crippen LogP contribution in [0.25, 0.3) is 0 Å². The Hall–Kier alpha value is -0.420. The van der Waals surface area contributed by atoms with Crippen LogP contribution in [-0.2, 0) is 0 Å². The molecule has 10 atom stereocenters. The van der Waals surface area contributed by atoms with Crippen LogP contribution in [0.15, 0.2) is 11.6 Å². The second-order valence-electron chi connectivity index (χ2n) is 14.7. The Morgan fingerprint density at radius 1 is 0.912 bits per heavy atom. The first-order chi connectivity index (χ1) is 15.5. The summed E-state index contributed by atoms with van der Waals surface area (Å²) in [5.41, 5.74) is -1.62. The third kappa shape index (κ3) is 3.37. The zero-order valence-corrected chi connectivity index (χ0v) is 23.1. The molecule has 4 heteroatoms. The van der Waals surface area contributed by atoms with Crippen LogP contribution >= 0.6 is 0 Å². The first-order valence-corrected chi connectivity index (χ1v) is 13.9. The van der Waals surface area contributed by atoms with Crippen LogP contribution in [0.3, 0.4) is 0 Å². The molecule has 0 aliphatic heterocycles. The normalized spacial score (nSPS) is 51.6. The fourth-order valence-corrected chi connectivity index (χ4v) is 10.3. The minimum atomic E-state index is -1.29. The summed E-state index contributed by atoms with van der Waals surface area (Å²) in [5.74, 6) is 0.451. The summed E-state index contributed by atoms with van der Waals surface area (Å²) in [4.78, 5) is 0. The van der Waals surface area contributed by atoms with Crippen molar-refractivity contribution in [1.29, 1.82) is 0 Å². The van der Waals surface area contributed by atoms with E-state index in [-0.39, 0.29) is 33.7 Å². The van der Waals surface area contributed by atoms with Crippen LogP contribution in [0.5, 0.6) is 0 Å². The lowest BCUT2D eigenvalue weighted by Crippen LogP contribution is -2.69. The van der Waals surface area contributed by atoms with Gasteiger partial charge < -0.3 is 20.4 Å². The molecular weight excluding hydrogens is 424 g/mol. The predicted molar refractivity (Wildman–Crippen MR) is 137 cm³/mol. The third-order valence-corrected chi connectivity index (χ3v) is 12.5. The highest BCUT2D eigenvalue weighted by atomic mass is 16.4. The van der Waals surface area contributed by atoms with Crippen molar-refractivity contribution in [3.8, 4) is 0 Å². The van der Waals surface area contributed by atoms with Crippen molar-refractivity contribution < 1.29 is 20.4 Å². The fraction of sp³-hybridized carbons (Fsp3) is 0.933. The number of allylic oxidation sites excluding steroid dienone is 2. The van der Waals surface area contributed by atoms with Gasteiger partial charge in [0.25, 0.3) is 0 Å². The summed E-state index contributed by atoms with van der Waals surface area (Å²) in [6.45, 7) is 17.6. The Kier molecular flexibility index (Phi) is 6.30. The quantitative estimate of drug-likeness (QED) is 0.397. The molecule has 4 rings (SSSR count). The topological polar surface area (TPSA) is 80.9 Å². The molecule has 0 bridgehead atoms. The molecule has 4 nitrogen and oxygen atoms in total. The molecule has 0 aromatic heterocycles. The van der Waals surface area contributed by atoms with Gasteiger partial charge in [0.15, 0.2) is 0 Å². The van der Waals surface area contributed by atoms with E-state index in [4.69, 9.17) is 0 Å². The molecule has 0 aromatic rings. The highest BCUT2D eigenvalue weighted by Crippen LogP contribution is 2.76. The first-order valence-electron chi connectivity index (χ1n) is 13.9. The minimum Gasteiger partial charge on any atom is -0.393 e. The Morgan fingerprint density at radius 3 is 2.18 bits per heavy atom. The Bertz CT molecular complexity index is 828. The van der Waals surface area contributed by atoms with E-state index in [1.54, 1.807) is 6.92 Å². The zero-order valence-electron chi connectivity index (χ0n) is 23.1. The van der Waals surface area contributed by atoms with Gasteiger partial charge in [-0.3, -0.25) is 0 Å². The monoisotopic (exact) mass is 476 g/mol. The van der Waals surface area contributed by atoms with Crippen LogP contribution in [0.1, 0.15) is 113 Å². The van der Waals surface area contributed by atoms with Gasteiger partial charge >= 0.3 is 0 Å². The number of aliphatic hydroxyl groups is 4. The molecule has 0 saturated heterocycles. The Labute approximate surface area is 208 Å². The highest BCUT2D eigenvalue weighted by molar-refractivity contribution is 5.24. The number of fused-ring (bicyclic) bond motifs is 5. The average molecular weight is 477 g/mol. The van der Waals surface area contributed by atoms with Gasteiger partial charge in [0.1, 0.15) is 0 Å². The van der Waals surface area contributed by atoms with Gasteiger partial charge in [-0.05, 0) is 112 Å². The number of aliphatic hydroxyl groups excluding tert-OH is 2. The van der Waals surface area contributed by atoms with Gasteiger partial charge in [-0.25, -0.2) is 0 Å². The first kappa shape index (κ1) is 26.6. The lowest BCUT2D eigenvalue weighted by molar-refractivity contribution is -0.271. The maximum Gasteiger partial charge on any atom is 0.0988 e. The van der Waals surface area contributed by atoms with Crippen molar-refractivity contribution in [3.05, 3.63) is 11.6 Å². The van der Waals surface area contributed by atoms with Crippen molar-refractivity contribution in [2.45, 2.75) is 137 Å². The molecule has 0 unspecified atom stereocenters. The third-order valence-electron chi connectivity index (χ3n) is 12.5. The van der Waals surface area contributed by atoms with Gasteiger partial charge in [-0.2, -0.15) is 0 Å². The van der Waals surface area contributed by atoms with E-state index in [0.717, 1.165) is 38.5 Å². The standard InChI is InChI=1S/C30H52O4/c1-19(2)10-9-13-29(8,33)30(34)17-16-28(7)24(30)20(31)18-22-26(5)14-12-23(32)25(3,4)21(26)11-15-27(22,28)6/h10,20-24,31-34H,9,11-18H2,1-8H3/t20-,21-,22+,23+,24-,26-,27+,28+,29-,30+/m0/s1. The van der Waals surface area contributed by atoms with Gasteiger partial charge in [-0.1, -0.05) is 46.3 Å². The molecule has 0 aromatic carbocycles. The number of rotatable bonds is 4. The van der Waals surface area contributed by atoms with Crippen molar-refractivity contribution >= 4 is 0 Å². The van der Waals surface area contributed by atoms with E-state index in [9.17, 15) is 20.4 Å². The summed E-state index contributed by atoms with van der Waals surface area (Å²) in [5, 5.41) is 46.4. The van der Waals surface area contributed by atoms with Gasteiger partial charge in [0.05, 0.1) is 23.4 Å². The minimum absolute atomic E-state index is 0.0129. The molecule has 0 heterocycles. The molecule has 0 spiro atoms. The van der Waals surface area contributed by atoms with Gasteiger partial charge in [0, 0.05) is 5.92 Å². The number of hydrogen-bond donors (Lipinski definition) is 4. The second kappa shape index (κ2) is 8.04.